The van der Waals surface area contributed by atoms with Gasteiger partial charge in [-0.1, -0.05) is 6.08 Å². The molecule has 1 rings (SSSR count). The lowest BCUT2D eigenvalue weighted by molar-refractivity contribution is 0.494. The summed E-state index contributed by atoms with van der Waals surface area (Å²) in [4.78, 5) is 0. The van der Waals surface area contributed by atoms with Gasteiger partial charge in [-0.3, -0.25) is 0 Å². The highest BCUT2D eigenvalue weighted by atomic mass is 16.3. The molecule has 0 aliphatic heterocycles. The Bertz CT molecular complexity index is 301. The van der Waals surface area contributed by atoms with Crippen molar-refractivity contribution in [2.75, 3.05) is 0 Å². The quantitative estimate of drug-likeness (QED) is 0.576. The maximum Gasteiger partial charge on any atom is 0.105 e. The van der Waals surface area contributed by atoms with Crippen molar-refractivity contribution in [1.29, 1.82) is 0 Å². The first-order valence-electron chi connectivity index (χ1n) is 5.08. The molecule has 1 atom stereocenters. The van der Waals surface area contributed by atoms with Crippen molar-refractivity contribution in [3.8, 4) is 0 Å². The Balaban J connectivity index is 2.55. The summed E-state index contributed by atoms with van der Waals surface area (Å²) in [5.74, 6) is 1.89. The van der Waals surface area contributed by atoms with Gasteiger partial charge in [0.2, 0.25) is 0 Å². The number of unbranched alkanes of at least 4 members (excludes halogenated alkanes) is 1. The third kappa shape index (κ3) is 2.74. The number of allylic oxidation sites excluding steroid dienone is 1. The highest BCUT2D eigenvalue weighted by Gasteiger charge is 2.12. The highest BCUT2D eigenvalue weighted by Crippen LogP contribution is 2.23. The van der Waals surface area contributed by atoms with E-state index in [1.165, 1.54) is 0 Å². The zero-order valence-corrected chi connectivity index (χ0v) is 9.05. The third-order valence-corrected chi connectivity index (χ3v) is 2.40. The van der Waals surface area contributed by atoms with Crippen molar-refractivity contribution in [3.63, 3.8) is 0 Å². The monoisotopic (exact) mass is 193 g/mol. The molecule has 0 aromatic carbocycles. The predicted octanol–water partition coefficient (Wildman–Crippen LogP) is 3.25. The smallest absolute Gasteiger partial charge is 0.105 e. The number of rotatable bonds is 5. The van der Waals surface area contributed by atoms with Gasteiger partial charge < -0.3 is 10.2 Å². The number of furan rings is 1. The average molecular weight is 193 g/mol. The van der Waals surface area contributed by atoms with Gasteiger partial charge in [-0.15, -0.1) is 6.58 Å². The number of hydrogen-bond acceptors (Lipinski definition) is 2. The summed E-state index contributed by atoms with van der Waals surface area (Å²) in [5.41, 5.74) is 7.20. The van der Waals surface area contributed by atoms with Gasteiger partial charge in [0.05, 0.1) is 0 Å². The van der Waals surface area contributed by atoms with Gasteiger partial charge in [0, 0.05) is 11.6 Å². The molecule has 2 nitrogen and oxygen atoms in total. The molecule has 14 heavy (non-hydrogen) atoms. The normalized spacial score (nSPS) is 12.8. The van der Waals surface area contributed by atoms with Crippen LogP contribution >= 0.6 is 0 Å². The van der Waals surface area contributed by atoms with Crippen LogP contribution in [0.5, 0.6) is 0 Å². The van der Waals surface area contributed by atoms with Gasteiger partial charge in [-0.2, -0.15) is 0 Å². The second kappa shape index (κ2) is 5.01. The third-order valence-electron chi connectivity index (χ3n) is 2.40. The minimum absolute atomic E-state index is 0.104. The van der Waals surface area contributed by atoms with Crippen molar-refractivity contribution >= 4 is 0 Å². The Morgan fingerprint density at radius 2 is 2.29 bits per heavy atom. The number of aryl methyl sites for hydroxylation is 2. The molecule has 0 amide bonds. The maximum absolute atomic E-state index is 6.06. The average Bonchev–Trinajstić information content (AvgIpc) is 2.45. The van der Waals surface area contributed by atoms with Crippen LogP contribution in [0, 0.1) is 13.8 Å². The largest absolute Gasteiger partial charge is 0.466 e. The van der Waals surface area contributed by atoms with E-state index >= 15 is 0 Å². The Hall–Kier alpha value is -1.02. The second-order valence-corrected chi connectivity index (χ2v) is 3.69. The molecular weight excluding hydrogens is 174 g/mol. The lowest BCUT2D eigenvalue weighted by Gasteiger charge is -2.09. The maximum atomic E-state index is 6.06. The van der Waals surface area contributed by atoms with E-state index in [-0.39, 0.29) is 6.04 Å². The summed E-state index contributed by atoms with van der Waals surface area (Å²) >= 11 is 0. The van der Waals surface area contributed by atoms with E-state index < -0.39 is 0 Å². The van der Waals surface area contributed by atoms with Crippen LogP contribution in [0.4, 0.5) is 0 Å². The van der Waals surface area contributed by atoms with E-state index in [2.05, 4.69) is 6.58 Å². The van der Waals surface area contributed by atoms with Gasteiger partial charge in [-0.05, 0) is 39.2 Å². The molecule has 1 unspecified atom stereocenters. The lowest BCUT2D eigenvalue weighted by atomic mass is 10.0. The van der Waals surface area contributed by atoms with Gasteiger partial charge in [0.25, 0.3) is 0 Å². The second-order valence-electron chi connectivity index (χ2n) is 3.69. The molecule has 0 fully saturated rings. The summed E-state index contributed by atoms with van der Waals surface area (Å²) in [6, 6.07) is 2.14. The van der Waals surface area contributed by atoms with Crippen LogP contribution < -0.4 is 5.73 Å². The molecule has 2 N–H and O–H groups in total. The standard InChI is InChI=1S/C12H19NO/c1-4-5-6-7-12(13)11-8-9(2)14-10(11)3/h4,8,12H,1,5-7,13H2,2-3H3. The molecule has 0 aliphatic rings. The zero-order chi connectivity index (χ0) is 10.6. The molecule has 0 aliphatic carbocycles. The topological polar surface area (TPSA) is 39.2 Å². The molecular formula is C12H19NO. The van der Waals surface area contributed by atoms with Crippen molar-refractivity contribution in [2.45, 2.75) is 39.2 Å². The molecule has 1 heterocycles. The minimum Gasteiger partial charge on any atom is -0.466 e. The van der Waals surface area contributed by atoms with Crippen LogP contribution in [0.2, 0.25) is 0 Å². The van der Waals surface area contributed by atoms with Crippen LogP contribution in [-0.4, -0.2) is 0 Å². The van der Waals surface area contributed by atoms with Crippen molar-refractivity contribution in [1.82, 2.24) is 0 Å². The van der Waals surface area contributed by atoms with Gasteiger partial charge >= 0.3 is 0 Å². The van der Waals surface area contributed by atoms with Crippen LogP contribution in [-0.2, 0) is 0 Å². The summed E-state index contributed by atoms with van der Waals surface area (Å²) in [6.45, 7) is 7.61. The fourth-order valence-corrected chi connectivity index (χ4v) is 1.66. The molecule has 0 spiro atoms. The number of hydrogen-bond donors (Lipinski definition) is 1. The van der Waals surface area contributed by atoms with Crippen molar-refractivity contribution < 1.29 is 4.42 Å². The SMILES string of the molecule is C=CCCCC(N)c1cc(C)oc1C. The van der Waals surface area contributed by atoms with Crippen LogP contribution in [0.1, 0.15) is 42.4 Å². The molecule has 0 saturated carbocycles. The van der Waals surface area contributed by atoms with E-state index in [0.717, 1.165) is 36.3 Å². The fourth-order valence-electron chi connectivity index (χ4n) is 1.66. The van der Waals surface area contributed by atoms with Gasteiger partial charge in [0.1, 0.15) is 11.5 Å². The highest BCUT2D eigenvalue weighted by molar-refractivity contribution is 5.23. The van der Waals surface area contributed by atoms with Crippen LogP contribution in [0.25, 0.3) is 0 Å². The van der Waals surface area contributed by atoms with E-state index in [9.17, 15) is 0 Å². The molecule has 0 radical (unpaired) electrons. The molecule has 78 valence electrons. The number of nitrogens with two attached hydrogens (primary N) is 1. The van der Waals surface area contributed by atoms with E-state index in [0.29, 0.717) is 0 Å². The van der Waals surface area contributed by atoms with Gasteiger partial charge in [0.15, 0.2) is 0 Å². The molecule has 1 aromatic rings. The summed E-state index contributed by atoms with van der Waals surface area (Å²) in [6.07, 6.45) is 5.05. The fraction of sp³-hybridized carbons (Fsp3) is 0.500. The minimum atomic E-state index is 0.104. The summed E-state index contributed by atoms with van der Waals surface area (Å²) < 4.78 is 5.44. The van der Waals surface area contributed by atoms with Crippen LogP contribution in [0.3, 0.4) is 0 Å². The predicted molar refractivity (Wildman–Crippen MR) is 59.2 cm³/mol. The first-order chi connectivity index (χ1) is 6.65. The summed E-state index contributed by atoms with van der Waals surface area (Å²) in [5, 5.41) is 0. The molecule has 0 bridgehead atoms. The molecule has 2 heteroatoms. The Kier molecular flexibility index (Phi) is 3.96. The Morgan fingerprint density at radius 3 is 2.79 bits per heavy atom. The lowest BCUT2D eigenvalue weighted by Crippen LogP contribution is -2.10. The molecule has 0 saturated heterocycles. The molecule has 1 aromatic heterocycles. The Morgan fingerprint density at radius 1 is 1.57 bits per heavy atom. The van der Waals surface area contributed by atoms with E-state index in [4.69, 9.17) is 10.2 Å². The zero-order valence-electron chi connectivity index (χ0n) is 9.05. The van der Waals surface area contributed by atoms with E-state index in [1.54, 1.807) is 0 Å². The first-order valence-corrected chi connectivity index (χ1v) is 5.08. The van der Waals surface area contributed by atoms with Crippen LogP contribution in [0.15, 0.2) is 23.1 Å². The van der Waals surface area contributed by atoms with Crippen molar-refractivity contribution in [3.05, 3.63) is 35.8 Å². The van der Waals surface area contributed by atoms with Gasteiger partial charge in [-0.25, -0.2) is 0 Å². The summed E-state index contributed by atoms with van der Waals surface area (Å²) in [7, 11) is 0. The first kappa shape index (κ1) is 11.1. The van der Waals surface area contributed by atoms with Crippen molar-refractivity contribution in [2.24, 2.45) is 5.73 Å². The Labute approximate surface area is 85.8 Å². The van der Waals surface area contributed by atoms with E-state index in [1.807, 2.05) is 26.0 Å².